The standard InChI is InChI=1S/C21H35N3O3/c1-5-22-21(23-11-10-18(16(3)4)25-6-2)24-15-17-8-9-19-20(14-17)27-13-7-12-26-19/h8-9,14,16,18H,5-7,10-13,15H2,1-4H3,(H2,22,23,24). The SMILES string of the molecule is CCNC(=NCc1ccc2c(c1)OCCCO2)NCCC(OCC)C(C)C. The number of guanidine groups is 1. The quantitative estimate of drug-likeness (QED) is 0.510. The van der Waals surface area contributed by atoms with E-state index >= 15 is 0 Å². The van der Waals surface area contributed by atoms with E-state index < -0.39 is 0 Å². The molecule has 1 unspecified atom stereocenters. The van der Waals surface area contributed by atoms with Crippen LogP contribution in [-0.2, 0) is 11.3 Å². The molecule has 152 valence electrons. The summed E-state index contributed by atoms with van der Waals surface area (Å²) in [7, 11) is 0. The van der Waals surface area contributed by atoms with Crippen LogP contribution in [0.15, 0.2) is 23.2 Å². The first-order valence-corrected chi connectivity index (χ1v) is 10.2. The summed E-state index contributed by atoms with van der Waals surface area (Å²) in [5, 5.41) is 6.71. The molecule has 0 fully saturated rings. The largest absolute Gasteiger partial charge is 0.490 e. The number of aliphatic imine (C=N–C) groups is 1. The summed E-state index contributed by atoms with van der Waals surface area (Å²) in [6, 6.07) is 6.04. The van der Waals surface area contributed by atoms with Gasteiger partial charge in [0.1, 0.15) is 0 Å². The second kappa shape index (κ2) is 11.7. The Morgan fingerprint density at radius 2 is 1.93 bits per heavy atom. The van der Waals surface area contributed by atoms with E-state index in [-0.39, 0.29) is 6.10 Å². The first kappa shape index (κ1) is 21.4. The molecule has 1 aliphatic heterocycles. The molecule has 0 amide bonds. The summed E-state index contributed by atoms with van der Waals surface area (Å²) in [5.74, 6) is 2.97. The molecule has 1 atom stereocenters. The van der Waals surface area contributed by atoms with Crippen molar-refractivity contribution in [2.75, 3.05) is 32.9 Å². The first-order chi connectivity index (χ1) is 13.1. The molecule has 1 heterocycles. The third-order valence-electron chi connectivity index (χ3n) is 4.42. The van der Waals surface area contributed by atoms with Gasteiger partial charge in [0.15, 0.2) is 17.5 Å². The predicted molar refractivity (Wildman–Crippen MR) is 110 cm³/mol. The number of benzene rings is 1. The van der Waals surface area contributed by atoms with E-state index in [1.54, 1.807) is 0 Å². The fraction of sp³-hybridized carbons (Fsp3) is 0.667. The summed E-state index contributed by atoms with van der Waals surface area (Å²) >= 11 is 0. The van der Waals surface area contributed by atoms with Crippen LogP contribution in [0.5, 0.6) is 11.5 Å². The molecule has 1 aromatic carbocycles. The molecule has 0 saturated heterocycles. The number of ether oxygens (including phenoxy) is 3. The van der Waals surface area contributed by atoms with Crippen molar-refractivity contribution in [2.45, 2.75) is 53.2 Å². The number of rotatable bonds is 9. The van der Waals surface area contributed by atoms with Crippen molar-refractivity contribution >= 4 is 5.96 Å². The van der Waals surface area contributed by atoms with Gasteiger partial charge in [-0.3, -0.25) is 0 Å². The summed E-state index contributed by atoms with van der Waals surface area (Å²) < 4.78 is 17.3. The number of fused-ring (bicyclic) bond motifs is 1. The van der Waals surface area contributed by atoms with E-state index in [1.807, 2.05) is 25.1 Å². The van der Waals surface area contributed by atoms with Crippen molar-refractivity contribution in [1.82, 2.24) is 10.6 Å². The van der Waals surface area contributed by atoms with Crippen molar-refractivity contribution in [3.8, 4) is 11.5 Å². The summed E-state index contributed by atoms with van der Waals surface area (Å²) in [4.78, 5) is 4.70. The summed E-state index contributed by atoms with van der Waals surface area (Å²) in [6.45, 7) is 12.9. The highest BCUT2D eigenvalue weighted by Crippen LogP contribution is 2.30. The zero-order chi connectivity index (χ0) is 19.5. The maximum Gasteiger partial charge on any atom is 0.191 e. The number of hydrogen-bond donors (Lipinski definition) is 2. The molecule has 27 heavy (non-hydrogen) atoms. The number of hydrogen-bond acceptors (Lipinski definition) is 4. The molecule has 6 heteroatoms. The normalized spacial score (nSPS) is 15.4. The van der Waals surface area contributed by atoms with E-state index in [1.165, 1.54) is 0 Å². The maximum atomic E-state index is 5.81. The average molecular weight is 378 g/mol. The van der Waals surface area contributed by atoms with Crippen LogP contribution in [0.2, 0.25) is 0 Å². The molecular weight excluding hydrogens is 342 g/mol. The summed E-state index contributed by atoms with van der Waals surface area (Å²) in [6.07, 6.45) is 2.14. The van der Waals surface area contributed by atoms with Gasteiger partial charge in [-0.2, -0.15) is 0 Å². The Kier molecular flexibility index (Phi) is 9.25. The third-order valence-corrected chi connectivity index (χ3v) is 4.42. The molecule has 2 N–H and O–H groups in total. The van der Waals surface area contributed by atoms with Crippen molar-refractivity contribution in [3.63, 3.8) is 0 Å². The van der Waals surface area contributed by atoms with Crippen molar-refractivity contribution < 1.29 is 14.2 Å². The topological polar surface area (TPSA) is 64.1 Å². The van der Waals surface area contributed by atoms with Crippen LogP contribution in [0.1, 0.15) is 46.1 Å². The molecular formula is C21H35N3O3. The van der Waals surface area contributed by atoms with Crippen LogP contribution in [0.25, 0.3) is 0 Å². The fourth-order valence-corrected chi connectivity index (χ4v) is 2.97. The van der Waals surface area contributed by atoms with Gasteiger partial charge < -0.3 is 24.8 Å². The molecule has 0 aliphatic carbocycles. The molecule has 1 aromatic rings. The molecule has 1 aliphatic rings. The van der Waals surface area contributed by atoms with E-state index in [2.05, 4.69) is 31.4 Å². The van der Waals surface area contributed by atoms with Crippen LogP contribution < -0.4 is 20.1 Å². The molecule has 0 bridgehead atoms. The van der Waals surface area contributed by atoms with Crippen LogP contribution in [-0.4, -0.2) is 45.0 Å². The average Bonchev–Trinajstić information content (AvgIpc) is 2.90. The Morgan fingerprint density at radius 3 is 2.63 bits per heavy atom. The fourth-order valence-electron chi connectivity index (χ4n) is 2.97. The van der Waals surface area contributed by atoms with Crippen molar-refractivity contribution in [1.29, 1.82) is 0 Å². The van der Waals surface area contributed by atoms with Crippen LogP contribution in [0.3, 0.4) is 0 Å². The highest BCUT2D eigenvalue weighted by molar-refractivity contribution is 5.79. The zero-order valence-corrected chi connectivity index (χ0v) is 17.2. The van der Waals surface area contributed by atoms with Gasteiger partial charge in [0, 0.05) is 26.1 Å². The van der Waals surface area contributed by atoms with Gasteiger partial charge in [0.05, 0.1) is 25.9 Å². The summed E-state index contributed by atoms with van der Waals surface area (Å²) in [5.41, 5.74) is 1.10. The third kappa shape index (κ3) is 7.29. The molecule has 6 nitrogen and oxygen atoms in total. The van der Waals surface area contributed by atoms with Gasteiger partial charge in [0.2, 0.25) is 0 Å². The first-order valence-electron chi connectivity index (χ1n) is 10.2. The Balaban J connectivity index is 1.91. The minimum atomic E-state index is 0.270. The molecule has 0 aromatic heterocycles. The van der Waals surface area contributed by atoms with Gasteiger partial charge in [-0.05, 0) is 43.9 Å². The maximum absolute atomic E-state index is 5.81. The van der Waals surface area contributed by atoms with Gasteiger partial charge in [-0.25, -0.2) is 4.99 Å². The Hall–Kier alpha value is -1.95. The molecule has 0 spiro atoms. The highest BCUT2D eigenvalue weighted by Gasteiger charge is 2.13. The van der Waals surface area contributed by atoms with Gasteiger partial charge in [0.25, 0.3) is 0 Å². The van der Waals surface area contributed by atoms with E-state index in [9.17, 15) is 0 Å². The van der Waals surface area contributed by atoms with E-state index in [0.717, 1.165) is 55.6 Å². The van der Waals surface area contributed by atoms with Crippen molar-refractivity contribution in [3.05, 3.63) is 23.8 Å². The van der Waals surface area contributed by atoms with E-state index in [0.29, 0.717) is 25.7 Å². The Labute approximate surface area is 163 Å². The molecule has 2 rings (SSSR count). The lowest BCUT2D eigenvalue weighted by Crippen LogP contribution is -2.39. The van der Waals surface area contributed by atoms with Crippen molar-refractivity contribution in [2.24, 2.45) is 10.9 Å². The number of nitrogens with one attached hydrogen (secondary N) is 2. The Bertz CT molecular complexity index is 590. The van der Waals surface area contributed by atoms with Crippen LogP contribution >= 0.6 is 0 Å². The van der Waals surface area contributed by atoms with Crippen LogP contribution in [0.4, 0.5) is 0 Å². The lowest BCUT2D eigenvalue weighted by Gasteiger charge is -2.21. The molecule has 0 radical (unpaired) electrons. The zero-order valence-electron chi connectivity index (χ0n) is 17.2. The lowest BCUT2D eigenvalue weighted by molar-refractivity contribution is 0.0258. The minimum Gasteiger partial charge on any atom is -0.490 e. The smallest absolute Gasteiger partial charge is 0.191 e. The van der Waals surface area contributed by atoms with Gasteiger partial charge in [-0.1, -0.05) is 19.9 Å². The lowest BCUT2D eigenvalue weighted by atomic mass is 10.0. The Morgan fingerprint density at radius 1 is 1.15 bits per heavy atom. The monoisotopic (exact) mass is 377 g/mol. The number of nitrogens with zero attached hydrogens (tertiary/aromatic N) is 1. The highest BCUT2D eigenvalue weighted by atomic mass is 16.5. The van der Waals surface area contributed by atoms with E-state index in [4.69, 9.17) is 19.2 Å². The molecule has 0 saturated carbocycles. The second-order valence-corrected chi connectivity index (χ2v) is 6.98. The minimum absolute atomic E-state index is 0.270. The second-order valence-electron chi connectivity index (χ2n) is 6.98. The predicted octanol–water partition coefficient (Wildman–Crippen LogP) is 3.35. The van der Waals surface area contributed by atoms with Gasteiger partial charge in [-0.15, -0.1) is 0 Å². The van der Waals surface area contributed by atoms with Gasteiger partial charge >= 0.3 is 0 Å². The van der Waals surface area contributed by atoms with Crippen LogP contribution in [0, 0.1) is 5.92 Å².